The van der Waals surface area contributed by atoms with Gasteiger partial charge in [-0.3, -0.25) is 9.69 Å². The van der Waals surface area contributed by atoms with E-state index < -0.39 is 22.3 Å². The highest BCUT2D eigenvalue weighted by atomic mass is 35.5. The second-order valence-corrected chi connectivity index (χ2v) is 12.9. The lowest BCUT2D eigenvalue weighted by Crippen LogP contribution is -2.41. The molecule has 4 N–H and O–H groups in total. The maximum atomic E-state index is 13.0. The zero-order valence-electron chi connectivity index (χ0n) is 20.8. The van der Waals surface area contributed by atoms with Crippen LogP contribution in [0.5, 0.6) is 0 Å². The molecule has 1 fully saturated rings. The number of anilines is 3. The third kappa shape index (κ3) is 6.34. The molecule has 4 heterocycles. The molecular formula is C25H27ClN6O5S2. The molecular weight excluding hydrogens is 564 g/mol. The van der Waals surface area contributed by atoms with Gasteiger partial charge in [-0.1, -0.05) is 17.7 Å². The Hall–Kier alpha value is -3.23. The van der Waals surface area contributed by atoms with Crippen molar-refractivity contribution in [2.45, 2.75) is 29.7 Å². The predicted octanol–water partition coefficient (Wildman–Crippen LogP) is 3.39. The summed E-state index contributed by atoms with van der Waals surface area (Å²) in [6, 6.07) is 10.2. The van der Waals surface area contributed by atoms with Gasteiger partial charge in [-0.05, 0) is 67.9 Å². The van der Waals surface area contributed by atoms with Gasteiger partial charge in [0.25, 0.3) is 10.0 Å². The van der Waals surface area contributed by atoms with Crippen LogP contribution in [0.1, 0.15) is 30.2 Å². The van der Waals surface area contributed by atoms with Gasteiger partial charge in [0, 0.05) is 24.3 Å². The molecule has 0 saturated carbocycles. The van der Waals surface area contributed by atoms with Crippen molar-refractivity contribution in [3.63, 3.8) is 0 Å². The highest BCUT2D eigenvalue weighted by Gasteiger charge is 2.33. The first-order valence-corrected chi connectivity index (χ1v) is 15.0. The number of amides is 3. The number of sulfonamides is 1. The fraction of sp³-hybridized carbons (Fsp3) is 0.320. The Morgan fingerprint density at radius 1 is 1.13 bits per heavy atom. The van der Waals surface area contributed by atoms with E-state index in [0.29, 0.717) is 5.56 Å². The number of likely N-dealkylation sites (tertiary alicyclic amines) is 1. The Morgan fingerprint density at radius 3 is 2.59 bits per heavy atom. The minimum Gasteiger partial charge on any atom is -0.384 e. The normalized spacial score (nSPS) is 17.6. The van der Waals surface area contributed by atoms with Gasteiger partial charge in [0.1, 0.15) is 10.0 Å². The van der Waals surface area contributed by atoms with Gasteiger partial charge in [-0.25, -0.2) is 22.9 Å². The van der Waals surface area contributed by atoms with E-state index in [0.717, 1.165) is 48.8 Å². The number of fused-ring (bicyclic) bond motifs is 1. The highest BCUT2D eigenvalue weighted by Crippen LogP contribution is 2.33. The van der Waals surface area contributed by atoms with Crippen LogP contribution in [0.2, 0.25) is 4.34 Å². The maximum Gasteiger partial charge on any atom is 0.333 e. The fourth-order valence-electron chi connectivity index (χ4n) is 4.64. The van der Waals surface area contributed by atoms with E-state index in [9.17, 15) is 23.1 Å². The second kappa shape index (κ2) is 11.5. The summed E-state index contributed by atoms with van der Waals surface area (Å²) in [5, 5.41) is 16.8. The molecule has 1 unspecified atom stereocenters. The summed E-state index contributed by atoms with van der Waals surface area (Å²) in [6.45, 7) is 4.03. The summed E-state index contributed by atoms with van der Waals surface area (Å²) in [7, 11) is -4.08. The average molecular weight is 591 g/mol. The number of hydrogen-bond acceptors (Lipinski definition) is 9. The molecule has 14 heteroatoms. The fourth-order valence-corrected chi connectivity index (χ4v) is 7.03. The van der Waals surface area contributed by atoms with Crippen LogP contribution in [-0.2, 0) is 21.2 Å². The number of urea groups is 1. The lowest BCUT2D eigenvalue weighted by Gasteiger charge is -2.33. The number of rotatable bonds is 8. The van der Waals surface area contributed by atoms with Crippen molar-refractivity contribution in [3.8, 4) is 0 Å². The van der Waals surface area contributed by atoms with Gasteiger partial charge in [-0.15, -0.1) is 11.3 Å². The molecule has 39 heavy (non-hydrogen) atoms. The number of aliphatic hydroxyl groups excluding tert-OH is 1. The highest BCUT2D eigenvalue weighted by molar-refractivity contribution is 7.92. The molecule has 3 aromatic rings. The molecule has 0 radical (unpaired) electrons. The van der Waals surface area contributed by atoms with E-state index in [1.807, 2.05) is 16.9 Å². The summed E-state index contributed by atoms with van der Waals surface area (Å²) in [5.74, 6) is -0.131. The number of benzene rings is 1. The first-order chi connectivity index (χ1) is 18.7. The van der Waals surface area contributed by atoms with Crippen LogP contribution in [0.3, 0.4) is 0 Å². The number of pyridine rings is 1. The number of aliphatic hydroxyl groups is 1. The van der Waals surface area contributed by atoms with E-state index in [1.54, 1.807) is 6.07 Å². The third-order valence-electron chi connectivity index (χ3n) is 6.52. The van der Waals surface area contributed by atoms with Crippen LogP contribution in [0.25, 0.3) is 0 Å². The SMILES string of the molecule is O=C(Nc1ccc(N2C(=O)Cc3cc(NCCN4CCCC4)ccc3C2O)nc1)NS(=O)(=O)c1ccc(Cl)s1. The Labute approximate surface area is 234 Å². The molecule has 0 aliphatic carbocycles. The van der Waals surface area contributed by atoms with Gasteiger partial charge in [0.15, 0.2) is 6.23 Å². The van der Waals surface area contributed by atoms with Crippen LogP contribution < -0.4 is 20.3 Å². The van der Waals surface area contributed by atoms with E-state index in [1.165, 1.54) is 48.2 Å². The molecule has 206 valence electrons. The van der Waals surface area contributed by atoms with Crippen molar-refractivity contribution >= 4 is 62.1 Å². The number of thiophene rings is 1. The van der Waals surface area contributed by atoms with E-state index >= 15 is 0 Å². The maximum absolute atomic E-state index is 13.0. The van der Waals surface area contributed by atoms with Crippen LogP contribution in [0.15, 0.2) is 52.9 Å². The molecule has 2 aliphatic heterocycles. The molecule has 0 bridgehead atoms. The number of nitrogens with zero attached hydrogens (tertiary/aromatic N) is 3. The van der Waals surface area contributed by atoms with Crippen LogP contribution in [0.4, 0.5) is 22.0 Å². The number of aromatic nitrogens is 1. The summed E-state index contributed by atoms with van der Waals surface area (Å²) >= 11 is 6.59. The minimum absolute atomic E-state index is 0.0982. The number of nitrogens with one attached hydrogen (secondary N) is 3. The summed E-state index contributed by atoms with van der Waals surface area (Å²) in [5.41, 5.74) is 2.46. The van der Waals surface area contributed by atoms with E-state index in [4.69, 9.17) is 11.6 Å². The van der Waals surface area contributed by atoms with Crippen molar-refractivity contribution in [3.05, 3.63) is 64.1 Å². The number of carbonyl (C=O) groups excluding carboxylic acids is 2. The standard InChI is InChI=1S/C25H27ClN6O5S2/c26-20-6-8-23(38-20)39(36,37)30-25(35)29-18-4-7-21(28-15-18)32-22(33)14-16-13-17(3-5-19(16)24(32)34)27-9-12-31-10-1-2-11-31/h3-8,13,15,24,27,34H,1-2,9-12,14H2,(H2,29,30,35). The van der Waals surface area contributed by atoms with Gasteiger partial charge in [0.05, 0.1) is 22.6 Å². The molecule has 11 nitrogen and oxygen atoms in total. The molecule has 5 rings (SSSR count). The summed E-state index contributed by atoms with van der Waals surface area (Å²) < 4.78 is 26.7. The lowest BCUT2D eigenvalue weighted by atomic mass is 9.96. The van der Waals surface area contributed by atoms with E-state index in [2.05, 4.69) is 20.5 Å². The zero-order chi connectivity index (χ0) is 27.6. The van der Waals surface area contributed by atoms with Crippen molar-refractivity contribution in [1.82, 2.24) is 14.6 Å². The zero-order valence-corrected chi connectivity index (χ0v) is 23.2. The van der Waals surface area contributed by atoms with Crippen LogP contribution in [0, 0.1) is 0 Å². The largest absolute Gasteiger partial charge is 0.384 e. The van der Waals surface area contributed by atoms with Crippen molar-refractivity contribution in [2.75, 3.05) is 41.7 Å². The summed E-state index contributed by atoms with van der Waals surface area (Å²) in [6.07, 6.45) is 2.64. The Balaban J connectivity index is 1.21. The molecule has 3 amide bonds. The van der Waals surface area contributed by atoms with Gasteiger partial charge < -0.3 is 20.6 Å². The van der Waals surface area contributed by atoms with Gasteiger partial charge in [-0.2, -0.15) is 0 Å². The Kier molecular flexibility index (Phi) is 8.05. The topological polar surface area (TPSA) is 144 Å². The Morgan fingerprint density at radius 2 is 1.90 bits per heavy atom. The summed E-state index contributed by atoms with van der Waals surface area (Å²) in [4.78, 5) is 33.0. The second-order valence-electron chi connectivity index (χ2n) is 9.23. The number of hydrogen-bond donors (Lipinski definition) is 4. The van der Waals surface area contributed by atoms with Gasteiger partial charge >= 0.3 is 6.03 Å². The number of carbonyl (C=O) groups is 2. The van der Waals surface area contributed by atoms with Gasteiger partial charge in [0.2, 0.25) is 5.91 Å². The van der Waals surface area contributed by atoms with E-state index in [-0.39, 0.29) is 32.4 Å². The monoisotopic (exact) mass is 590 g/mol. The minimum atomic E-state index is -4.08. The van der Waals surface area contributed by atoms with Crippen molar-refractivity contribution in [2.24, 2.45) is 0 Å². The smallest absolute Gasteiger partial charge is 0.333 e. The molecule has 1 saturated heterocycles. The quantitative estimate of drug-likeness (QED) is 0.312. The molecule has 2 aliphatic rings. The van der Waals surface area contributed by atoms with Crippen molar-refractivity contribution in [1.29, 1.82) is 0 Å². The Bertz CT molecular complexity index is 1470. The van der Waals surface area contributed by atoms with Crippen LogP contribution >= 0.6 is 22.9 Å². The van der Waals surface area contributed by atoms with Crippen LogP contribution in [-0.4, -0.2) is 61.5 Å². The molecule has 2 aromatic heterocycles. The first-order valence-electron chi connectivity index (χ1n) is 12.3. The van der Waals surface area contributed by atoms with Crippen molar-refractivity contribution < 1.29 is 23.1 Å². The average Bonchev–Trinajstić information content (AvgIpc) is 3.57. The molecule has 1 atom stereocenters. The molecule has 1 aromatic carbocycles. The first kappa shape index (κ1) is 27.3. The third-order valence-corrected chi connectivity index (χ3v) is 9.58. The predicted molar refractivity (Wildman–Crippen MR) is 150 cm³/mol. The number of halogens is 1. The molecule has 0 spiro atoms. The lowest BCUT2D eigenvalue weighted by molar-refractivity contribution is -0.120.